The number of hydrogen-bond acceptors (Lipinski definition) is 4. The zero-order chi connectivity index (χ0) is 11.1. The summed E-state index contributed by atoms with van der Waals surface area (Å²) in [4.78, 5) is 15.5. The molecule has 84 valence electrons. The number of ketones is 1. The van der Waals surface area contributed by atoms with Gasteiger partial charge in [0.25, 0.3) is 0 Å². The van der Waals surface area contributed by atoms with Gasteiger partial charge in [0.1, 0.15) is 17.9 Å². The second-order valence-electron chi connectivity index (χ2n) is 3.44. The van der Waals surface area contributed by atoms with E-state index in [2.05, 4.69) is 17.0 Å². The lowest BCUT2D eigenvalue weighted by atomic mass is 10.1. The van der Waals surface area contributed by atoms with Gasteiger partial charge in [-0.05, 0) is 12.8 Å². The molecule has 0 amide bonds. The highest BCUT2D eigenvalue weighted by Gasteiger charge is 2.09. The van der Waals surface area contributed by atoms with Gasteiger partial charge in [-0.2, -0.15) is 5.10 Å². The maximum atomic E-state index is 11.4. The van der Waals surface area contributed by atoms with E-state index in [9.17, 15) is 4.79 Å². The fourth-order valence-electron chi connectivity index (χ4n) is 1.36. The third-order valence-corrected chi connectivity index (χ3v) is 2.10. The largest absolute Gasteiger partial charge is 0.396 e. The number of Topliss-reactive ketones (excluding diaryl/α,β-unsaturated/α-hetero) is 1. The van der Waals surface area contributed by atoms with Gasteiger partial charge < -0.3 is 5.11 Å². The Kier molecular flexibility index (Phi) is 4.97. The first-order chi connectivity index (χ1) is 7.27. The highest BCUT2D eigenvalue weighted by atomic mass is 16.3. The molecule has 1 N–H and O–H groups in total. The summed E-state index contributed by atoms with van der Waals surface area (Å²) < 4.78 is 1.76. The Labute approximate surface area is 89.1 Å². The van der Waals surface area contributed by atoms with Gasteiger partial charge in [-0.15, -0.1) is 0 Å². The van der Waals surface area contributed by atoms with Crippen LogP contribution in [0.1, 0.15) is 32.0 Å². The Morgan fingerprint density at radius 3 is 3.07 bits per heavy atom. The highest BCUT2D eigenvalue weighted by molar-refractivity contribution is 5.80. The van der Waals surface area contributed by atoms with Crippen LogP contribution in [-0.2, 0) is 17.8 Å². The lowest BCUT2D eigenvalue weighted by Crippen LogP contribution is -2.11. The van der Waals surface area contributed by atoms with Crippen molar-refractivity contribution in [2.75, 3.05) is 6.61 Å². The van der Waals surface area contributed by atoms with E-state index in [4.69, 9.17) is 5.11 Å². The fraction of sp³-hybridized carbons (Fsp3) is 0.700. The van der Waals surface area contributed by atoms with Crippen molar-refractivity contribution in [1.29, 1.82) is 0 Å². The molecule has 15 heavy (non-hydrogen) atoms. The van der Waals surface area contributed by atoms with Crippen molar-refractivity contribution in [2.24, 2.45) is 0 Å². The monoisotopic (exact) mass is 211 g/mol. The average molecular weight is 211 g/mol. The summed E-state index contributed by atoms with van der Waals surface area (Å²) >= 11 is 0. The normalized spacial score (nSPS) is 10.5. The second-order valence-corrected chi connectivity index (χ2v) is 3.44. The molecule has 5 nitrogen and oxygen atoms in total. The molecule has 5 heteroatoms. The molecule has 0 spiro atoms. The van der Waals surface area contributed by atoms with E-state index >= 15 is 0 Å². The lowest BCUT2D eigenvalue weighted by molar-refractivity contribution is -0.118. The van der Waals surface area contributed by atoms with Crippen molar-refractivity contribution < 1.29 is 9.90 Å². The molecule has 0 fully saturated rings. The maximum Gasteiger partial charge on any atom is 0.140 e. The molecule has 0 radical (unpaired) electrons. The standard InChI is InChI=1S/C10H17N3O2/c1-2-5-13-10(11-8-12-13)7-9(15)4-3-6-14/h8,14H,2-7H2,1H3. The molecule has 1 heterocycles. The number of aromatic nitrogens is 3. The summed E-state index contributed by atoms with van der Waals surface area (Å²) in [5.74, 6) is 0.828. The van der Waals surface area contributed by atoms with Crippen LogP contribution in [0.25, 0.3) is 0 Å². The Morgan fingerprint density at radius 1 is 1.60 bits per heavy atom. The first-order valence-corrected chi connectivity index (χ1v) is 5.27. The molecule has 0 saturated heterocycles. The molecule has 0 aromatic carbocycles. The molecule has 0 aliphatic carbocycles. The van der Waals surface area contributed by atoms with Gasteiger partial charge in [0.15, 0.2) is 0 Å². The topological polar surface area (TPSA) is 68.0 Å². The Bertz CT molecular complexity index is 309. The first-order valence-electron chi connectivity index (χ1n) is 5.27. The van der Waals surface area contributed by atoms with Crippen LogP contribution in [0.4, 0.5) is 0 Å². The van der Waals surface area contributed by atoms with Gasteiger partial charge in [-0.1, -0.05) is 6.92 Å². The van der Waals surface area contributed by atoms with Crippen molar-refractivity contribution in [2.45, 2.75) is 39.2 Å². The number of aryl methyl sites for hydroxylation is 1. The van der Waals surface area contributed by atoms with E-state index < -0.39 is 0 Å². The van der Waals surface area contributed by atoms with Crippen LogP contribution in [0, 0.1) is 0 Å². The molecular weight excluding hydrogens is 194 g/mol. The van der Waals surface area contributed by atoms with Crippen molar-refractivity contribution in [3.63, 3.8) is 0 Å². The van der Waals surface area contributed by atoms with E-state index in [0.717, 1.165) is 18.8 Å². The smallest absolute Gasteiger partial charge is 0.140 e. The average Bonchev–Trinajstić information content (AvgIpc) is 2.63. The molecule has 1 aromatic rings. The van der Waals surface area contributed by atoms with E-state index in [1.807, 2.05) is 0 Å². The number of rotatable bonds is 7. The van der Waals surface area contributed by atoms with Crippen LogP contribution in [0.15, 0.2) is 6.33 Å². The van der Waals surface area contributed by atoms with Crippen LogP contribution in [0.2, 0.25) is 0 Å². The van der Waals surface area contributed by atoms with Gasteiger partial charge in [0.2, 0.25) is 0 Å². The number of carbonyl (C=O) groups excluding carboxylic acids is 1. The SMILES string of the molecule is CCCn1ncnc1CC(=O)CCCO. The third kappa shape index (κ3) is 3.79. The predicted octanol–water partition coefficient (Wildman–Crippen LogP) is 0.572. The summed E-state index contributed by atoms with van der Waals surface area (Å²) in [6, 6.07) is 0. The van der Waals surface area contributed by atoms with Gasteiger partial charge in [-0.3, -0.25) is 4.79 Å². The van der Waals surface area contributed by atoms with Gasteiger partial charge >= 0.3 is 0 Å². The molecule has 0 bridgehead atoms. The Morgan fingerprint density at radius 2 is 2.40 bits per heavy atom. The zero-order valence-electron chi connectivity index (χ0n) is 9.02. The summed E-state index contributed by atoms with van der Waals surface area (Å²) in [6.45, 7) is 2.91. The minimum atomic E-state index is 0.0629. The zero-order valence-corrected chi connectivity index (χ0v) is 9.02. The summed E-state index contributed by atoms with van der Waals surface area (Å²) in [6.07, 6.45) is 3.71. The molecule has 1 rings (SSSR count). The molecule has 1 aromatic heterocycles. The molecular formula is C10H17N3O2. The highest BCUT2D eigenvalue weighted by Crippen LogP contribution is 2.01. The predicted molar refractivity (Wildman–Crippen MR) is 55.3 cm³/mol. The number of carbonyl (C=O) groups is 1. The first kappa shape index (κ1) is 11.8. The number of nitrogens with zero attached hydrogens (tertiary/aromatic N) is 3. The summed E-state index contributed by atoms with van der Waals surface area (Å²) in [5, 5.41) is 12.6. The number of hydrogen-bond donors (Lipinski definition) is 1. The van der Waals surface area contributed by atoms with Crippen LogP contribution < -0.4 is 0 Å². The van der Waals surface area contributed by atoms with Crippen molar-refractivity contribution in [3.8, 4) is 0 Å². The fourth-order valence-corrected chi connectivity index (χ4v) is 1.36. The molecule has 0 aliphatic heterocycles. The minimum Gasteiger partial charge on any atom is -0.396 e. The number of aliphatic hydroxyl groups excluding tert-OH is 1. The molecule has 0 aliphatic rings. The summed E-state index contributed by atoms with van der Waals surface area (Å²) in [5.41, 5.74) is 0. The lowest BCUT2D eigenvalue weighted by Gasteiger charge is -2.03. The molecule has 0 unspecified atom stereocenters. The second kappa shape index (κ2) is 6.29. The van der Waals surface area contributed by atoms with E-state index in [0.29, 0.717) is 19.3 Å². The van der Waals surface area contributed by atoms with E-state index in [-0.39, 0.29) is 12.4 Å². The molecule has 0 saturated carbocycles. The van der Waals surface area contributed by atoms with Crippen LogP contribution in [0.3, 0.4) is 0 Å². The van der Waals surface area contributed by atoms with Crippen LogP contribution in [0.5, 0.6) is 0 Å². The van der Waals surface area contributed by atoms with Crippen LogP contribution in [-0.4, -0.2) is 32.3 Å². The van der Waals surface area contributed by atoms with Crippen molar-refractivity contribution in [1.82, 2.24) is 14.8 Å². The van der Waals surface area contributed by atoms with Crippen molar-refractivity contribution >= 4 is 5.78 Å². The van der Waals surface area contributed by atoms with Gasteiger partial charge in [0, 0.05) is 19.6 Å². The Balaban J connectivity index is 2.48. The number of aliphatic hydroxyl groups is 1. The summed E-state index contributed by atoms with van der Waals surface area (Å²) in [7, 11) is 0. The van der Waals surface area contributed by atoms with Crippen molar-refractivity contribution in [3.05, 3.63) is 12.2 Å². The molecule has 0 atom stereocenters. The third-order valence-electron chi connectivity index (χ3n) is 2.10. The van der Waals surface area contributed by atoms with E-state index in [1.54, 1.807) is 4.68 Å². The van der Waals surface area contributed by atoms with E-state index in [1.165, 1.54) is 6.33 Å². The quantitative estimate of drug-likeness (QED) is 0.716. The van der Waals surface area contributed by atoms with Gasteiger partial charge in [-0.25, -0.2) is 9.67 Å². The maximum absolute atomic E-state index is 11.4. The van der Waals surface area contributed by atoms with Crippen LogP contribution >= 0.6 is 0 Å². The minimum absolute atomic E-state index is 0.0629. The van der Waals surface area contributed by atoms with Gasteiger partial charge in [0.05, 0.1) is 6.42 Å². The Hall–Kier alpha value is -1.23.